The van der Waals surface area contributed by atoms with Crippen LogP contribution >= 0.6 is 0 Å². The fraction of sp³-hybridized carbons (Fsp3) is 0.140. The van der Waals surface area contributed by atoms with Gasteiger partial charge in [0, 0.05) is 65.1 Å². The first-order valence-corrected chi connectivity index (χ1v) is 17.3. The topological polar surface area (TPSA) is 146 Å². The summed E-state index contributed by atoms with van der Waals surface area (Å²) in [6, 6.07) is 30.0. The van der Waals surface area contributed by atoms with Crippen LogP contribution in [0.2, 0.25) is 0 Å². The maximum atomic E-state index is 12.2. The number of rotatable bonds is 1. The summed E-state index contributed by atoms with van der Waals surface area (Å²) in [5, 5.41) is 32.9. The van der Waals surface area contributed by atoms with Crippen molar-refractivity contribution in [2.45, 2.75) is 37.8 Å². The Morgan fingerprint density at radius 2 is 0.656 bits per heavy atom. The Morgan fingerprint density at radius 1 is 0.410 bits per heavy atom. The number of allylic oxidation sites excluding steroid dienone is 6. The second-order valence-corrected chi connectivity index (χ2v) is 12.8. The van der Waals surface area contributed by atoms with Crippen molar-refractivity contribution in [2.24, 2.45) is 0 Å². The van der Waals surface area contributed by atoms with Crippen molar-refractivity contribution in [1.29, 1.82) is 0 Å². The molecule has 1 radical (unpaired) electrons. The van der Waals surface area contributed by atoms with Gasteiger partial charge < -0.3 is 15.3 Å². The number of halogens is 9. The van der Waals surface area contributed by atoms with Gasteiger partial charge in [-0.1, -0.05) is 84.9 Å². The van der Waals surface area contributed by atoms with Crippen LogP contribution in [0.4, 0.5) is 39.5 Å². The minimum Gasteiger partial charge on any atom is -0.869 e. The zero-order valence-electron chi connectivity index (χ0n) is 30.8. The van der Waals surface area contributed by atoms with E-state index in [4.69, 9.17) is 0 Å². The van der Waals surface area contributed by atoms with Crippen LogP contribution in [0.5, 0.6) is 0 Å². The van der Waals surface area contributed by atoms with E-state index in [2.05, 4.69) is 9.97 Å². The second kappa shape index (κ2) is 19.8. The molecule has 0 saturated heterocycles. The van der Waals surface area contributed by atoms with E-state index >= 15 is 0 Å². The van der Waals surface area contributed by atoms with Gasteiger partial charge in [0.1, 0.15) is 0 Å². The Bertz CT molecular complexity index is 2260. The predicted octanol–water partition coefficient (Wildman–Crippen LogP) is 6.95. The fourth-order valence-electron chi connectivity index (χ4n) is 6.08. The maximum absolute atomic E-state index is 12.2. The van der Waals surface area contributed by atoms with Gasteiger partial charge >= 0.3 is 58.9 Å². The van der Waals surface area contributed by atoms with Gasteiger partial charge in [0.2, 0.25) is 0 Å². The molecule has 0 aliphatic heterocycles. The number of ketones is 3. The van der Waals surface area contributed by atoms with E-state index in [1.54, 1.807) is 67.0 Å². The minimum absolute atomic E-state index is 0. The molecule has 18 heteroatoms. The molecule has 3 aromatic carbocycles. The molecule has 61 heavy (non-hydrogen) atoms. The molecule has 2 aromatic heterocycles. The minimum atomic E-state index is -4.98. The molecule has 3 aliphatic rings. The summed E-state index contributed by atoms with van der Waals surface area (Å²) < 4.78 is 110. The van der Waals surface area contributed by atoms with Crippen molar-refractivity contribution in [1.82, 2.24) is 9.97 Å². The van der Waals surface area contributed by atoms with Crippen molar-refractivity contribution >= 4 is 17.3 Å². The molecule has 0 atom stereocenters. The number of fused-ring (bicyclic) bond motifs is 3. The van der Waals surface area contributed by atoms with E-state index in [9.17, 15) is 69.2 Å². The van der Waals surface area contributed by atoms with Crippen LogP contribution in [-0.4, -0.2) is 45.8 Å². The third kappa shape index (κ3) is 11.6. The smallest absolute Gasteiger partial charge is 0.869 e. The van der Waals surface area contributed by atoms with Crippen LogP contribution in [0.1, 0.15) is 47.8 Å². The van der Waals surface area contributed by atoms with Gasteiger partial charge in [-0.2, -0.15) is 39.5 Å². The first-order valence-electron chi connectivity index (χ1n) is 17.3. The first-order chi connectivity index (χ1) is 28.2. The molecule has 0 spiro atoms. The molecular formula is C43H26F9N2O6Sm. The number of hydrogen-bond donors (Lipinski definition) is 0. The molecule has 8 nitrogen and oxygen atoms in total. The quantitative estimate of drug-likeness (QED) is 0.0998. The summed E-state index contributed by atoms with van der Waals surface area (Å²) in [7, 11) is 0. The Kier molecular flexibility index (Phi) is 15.6. The predicted molar refractivity (Wildman–Crippen MR) is 190 cm³/mol. The average molecular weight is 988 g/mol. The summed E-state index contributed by atoms with van der Waals surface area (Å²) in [5.41, 5.74) is 1.76. The first kappa shape index (κ1) is 48.0. The summed E-state index contributed by atoms with van der Waals surface area (Å²) in [5.74, 6) is -8.52. The van der Waals surface area contributed by atoms with Crippen molar-refractivity contribution in [2.75, 3.05) is 0 Å². The van der Waals surface area contributed by atoms with E-state index in [1.807, 2.05) is 36.4 Å². The number of carbonyl (C=O) groups excluding carboxylic acids is 3. The van der Waals surface area contributed by atoms with E-state index in [1.165, 1.54) is 18.2 Å². The molecule has 0 bridgehead atoms. The molecule has 0 amide bonds. The van der Waals surface area contributed by atoms with Crippen molar-refractivity contribution in [3.05, 3.63) is 189 Å². The van der Waals surface area contributed by atoms with E-state index < -0.39 is 69.9 Å². The van der Waals surface area contributed by atoms with Gasteiger partial charge in [-0.3, -0.25) is 24.4 Å². The summed E-state index contributed by atoms with van der Waals surface area (Å²) in [6.45, 7) is 0. The largest absolute Gasteiger partial charge is 3.00 e. The molecule has 8 rings (SSSR count). The number of aromatic nitrogens is 2. The molecule has 0 N–H and O–H groups in total. The summed E-state index contributed by atoms with van der Waals surface area (Å²) in [4.78, 5) is 43.0. The number of nitrogens with zero attached hydrogens (tertiary/aromatic N) is 2. The normalized spacial score (nSPS) is 16.5. The molecule has 0 unspecified atom stereocenters. The number of pyridine rings is 2. The Labute approximate surface area is 372 Å². The zero-order valence-corrected chi connectivity index (χ0v) is 33.4. The van der Waals surface area contributed by atoms with Gasteiger partial charge in [-0.05, 0) is 58.2 Å². The summed E-state index contributed by atoms with van der Waals surface area (Å²) in [6.07, 6.45) is -12.1. The van der Waals surface area contributed by atoms with Gasteiger partial charge in [-0.15, -0.1) is 0 Å². The third-order valence-electron chi connectivity index (χ3n) is 8.90. The van der Waals surface area contributed by atoms with E-state index in [-0.39, 0.29) is 76.3 Å². The molecule has 0 fully saturated rings. The van der Waals surface area contributed by atoms with Crippen LogP contribution < -0.4 is 15.3 Å². The molecule has 3 aliphatic carbocycles. The Balaban J connectivity index is 0.000000179. The van der Waals surface area contributed by atoms with Gasteiger partial charge in [0.15, 0.2) is 17.3 Å². The van der Waals surface area contributed by atoms with E-state index in [0.717, 1.165) is 11.4 Å². The number of benzene rings is 3. The fourth-order valence-corrected chi connectivity index (χ4v) is 6.08. The van der Waals surface area contributed by atoms with Crippen LogP contribution in [0.3, 0.4) is 0 Å². The van der Waals surface area contributed by atoms with Crippen molar-refractivity contribution < 1.29 is 110 Å². The molecular weight excluding hydrogens is 962 g/mol. The Hall–Kier alpha value is -5.70. The molecule has 5 aromatic rings. The monoisotopic (exact) mass is 989 g/mol. The average Bonchev–Trinajstić information content (AvgIpc) is 3.87. The number of alkyl halides is 9. The van der Waals surface area contributed by atoms with Crippen LogP contribution in [0.25, 0.3) is 11.4 Å². The number of hydrogen-bond acceptors (Lipinski definition) is 8. The van der Waals surface area contributed by atoms with E-state index in [0.29, 0.717) is 16.7 Å². The van der Waals surface area contributed by atoms with Crippen LogP contribution in [-0.2, 0) is 19.3 Å². The maximum Gasteiger partial charge on any atom is 3.00 e. The van der Waals surface area contributed by atoms with Gasteiger partial charge in [0.05, 0.1) is 11.4 Å². The zero-order chi connectivity index (χ0) is 44.0. The van der Waals surface area contributed by atoms with Gasteiger partial charge in [0.25, 0.3) is 0 Å². The molecule has 0 saturated carbocycles. The number of Topliss-reactive ketones (excluding diaryl/α,β-unsaturated/α-hetero) is 3. The molecule has 2 heterocycles. The van der Waals surface area contributed by atoms with Crippen LogP contribution in [0, 0.1) is 40.4 Å². The van der Waals surface area contributed by atoms with Gasteiger partial charge in [-0.25, -0.2) is 0 Å². The SMILES string of the molecule is O=C1/C(=C(\[O-])C(F)(F)F)Cc2ccccc21.O=C1/C(=C(\[O-])C(F)(F)F)Cc2ccccc21.O=C1/C(=C(\[O-])C(F)(F)F)Cc2ccccc21.[Sm+3].c1ccc(-c2ccccn2)nc1. The standard InChI is InChI=1S/3C11H7F3O2.C10H8N2.Sm/c3*12-11(13,14)10(16)8-5-6-3-1-2-4-7(6)9(8)15;1-3-7-11-9(5-1)10-6-2-4-8-12-10;/h3*1-4,16H,5H2;1-8H;/q;;;;+3/p-3/b3*10-8-;;. The van der Waals surface area contributed by atoms with Crippen molar-refractivity contribution in [3.63, 3.8) is 0 Å². The third-order valence-corrected chi connectivity index (χ3v) is 8.90. The Morgan fingerprint density at radius 3 is 0.869 bits per heavy atom. The number of carbonyl (C=O) groups is 3. The van der Waals surface area contributed by atoms with Crippen molar-refractivity contribution in [3.8, 4) is 11.4 Å². The van der Waals surface area contributed by atoms with Crippen LogP contribution in [0.15, 0.2) is 156 Å². The summed E-state index contributed by atoms with van der Waals surface area (Å²) >= 11 is 0. The molecule has 313 valence electrons. The second-order valence-electron chi connectivity index (χ2n) is 12.8.